The summed E-state index contributed by atoms with van der Waals surface area (Å²) in [7, 11) is 0. The van der Waals surface area contributed by atoms with Crippen LogP contribution in [0.1, 0.15) is 6.42 Å². The van der Waals surface area contributed by atoms with Crippen LogP contribution in [-0.2, 0) is 0 Å². The lowest BCUT2D eigenvalue weighted by molar-refractivity contribution is 0.349. The Kier molecular flexibility index (Phi) is 2.17. The van der Waals surface area contributed by atoms with Gasteiger partial charge in [0.1, 0.15) is 12.0 Å². The Hall–Kier alpha value is -0.700. The van der Waals surface area contributed by atoms with E-state index in [1.54, 1.807) is 0 Å². The number of alkyl halides is 1. The van der Waals surface area contributed by atoms with Crippen molar-refractivity contribution in [3.8, 4) is 0 Å². The zero-order valence-corrected chi connectivity index (χ0v) is 5.48. The highest BCUT2D eigenvalue weighted by atomic mass is 19.1. The molecular weight excluding hydrogens is 136 g/mol. The molecule has 3 heteroatoms. The minimum absolute atomic E-state index is 0.150. The SMILES string of the molecule is NCC1=CC=C(F)CC1F. The summed E-state index contributed by atoms with van der Waals surface area (Å²) < 4.78 is 24.9. The Balaban J connectivity index is 2.71. The van der Waals surface area contributed by atoms with E-state index in [1.165, 1.54) is 12.2 Å². The molecule has 0 heterocycles. The summed E-state index contributed by atoms with van der Waals surface area (Å²) in [5.74, 6) is -0.412. The van der Waals surface area contributed by atoms with Crippen LogP contribution in [0.3, 0.4) is 0 Å². The van der Waals surface area contributed by atoms with Crippen molar-refractivity contribution in [2.24, 2.45) is 5.73 Å². The molecule has 0 bridgehead atoms. The fraction of sp³-hybridized carbons (Fsp3) is 0.429. The van der Waals surface area contributed by atoms with Crippen molar-refractivity contribution in [1.82, 2.24) is 0 Å². The molecule has 10 heavy (non-hydrogen) atoms. The molecule has 1 atom stereocenters. The molecule has 0 fully saturated rings. The molecular formula is C7H9F2N. The van der Waals surface area contributed by atoms with Gasteiger partial charge in [0, 0.05) is 13.0 Å². The summed E-state index contributed by atoms with van der Waals surface area (Å²) in [6.07, 6.45) is 1.31. The highest BCUT2D eigenvalue weighted by Gasteiger charge is 2.16. The minimum Gasteiger partial charge on any atom is -0.327 e. The van der Waals surface area contributed by atoms with E-state index >= 15 is 0 Å². The fourth-order valence-electron chi connectivity index (χ4n) is 0.868. The van der Waals surface area contributed by atoms with Gasteiger partial charge in [-0.25, -0.2) is 8.78 Å². The van der Waals surface area contributed by atoms with E-state index in [0.29, 0.717) is 5.57 Å². The van der Waals surface area contributed by atoms with Gasteiger partial charge in [-0.2, -0.15) is 0 Å². The average molecular weight is 145 g/mol. The maximum atomic E-state index is 12.7. The Morgan fingerprint density at radius 1 is 1.60 bits per heavy atom. The van der Waals surface area contributed by atoms with E-state index in [1.807, 2.05) is 0 Å². The molecule has 0 spiro atoms. The van der Waals surface area contributed by atoms with Crippen molar-refractivity contribution < 1.29 is 8.78 Å². The molecule has 0 saturated carbocycles. The normalized spacial score (nSPS) is 25.7. The first-order chi connectivity index (χ1) is 4.74. The standard InChI is InChI=1S/C7H9F2N/c8-6-2-1-5(4-10)7(9)3-6/h1-2,7H,3-4,10H2. The number of rotatable bonds is 1. The molecule has 1 unspecified atom stereocenters. The smallest absolute Gasteiger partial charge is 0.129 e. The van der Waals surface area contributed by atoms with Gasteiger partial charge in [0.15, 0.2) is 0 Å². The molecule has 1 nitrogen and oxygen atoms in total. The topological polar surface area (TPSA) is 26.0 Å². The third-order valence-corrected chi connectivity index (χ3v) is 1.49. The molecule has 0 aliphatic heterocycles. The predicted octanol–water partition coefficient (Wildman–Crippen LogP) is 1.47. The molecule has 1 aliphatic carbocycles. The van der Waals surface area contributed by atoms with Crippen LogP contribution in [0.25, 0.3) is 0 Å². The lowest BCUT2D eigenvalue weighted by atomic mass is 10.0. The van der Waals surface area contributed by atoms with Crippen molar-refractivity contribution in [3.05, 3.63) is 23.6 Å². The lowest BCUT2D eigenvalue weighted by Gasteiger charge is -2.12. The largest absolute Gasteiger partial charge is 0.327 e. The molecule has 0 amide bonds. The van der Waals surface area contributed by atoms with Crippen LogP contribution in [0.4, 0.5) is 8.78 Å². The third kappa shape index (κ3) is 1.42. The first-order valence-corrected chi connectivity index (χ1v) is 3.13. The summed E-state index contributed by atoms with van der Waals surface area (Å²) in [6.45, 7) is 0.172. The van der Waals surface area contributed by atoms with Crippen molar-refractivity contribution >= 4 is 0 Å². The molecule has 0 radical (unpaired) electrons. The van der Waals surface area contributed by atoms with Gasteiger partial charge < -0.3 is 5.73 Å². The molecule has 1 aliphatic rings. The van der Waals surface area contributed by atoms with Crippen molar-refractivity contribution in [2.75, 3.05) is 6.54 Å². The molecule has 0 aromatic heterocycles. The van der Waals surface area contributed by atoms with Crippen LogP contribution in [0.15, 0.2) is 23.6 Å². The van der Waals surface area contributed by atoms with Gasteiger partial charge in [0.2, 0.25) is 0 Å². The highest BCUT2D eigenvalue weighted by molar-refractivity contribution is 5.25. The van der Waals surface area contributed by atoms with Crippen molar-refractivity contribution in [3.63, 3.8) is 0 Å². The van der Waals surface area contributed by atoms with Gasteiger partial charge in [-0.1, -0.05) is 6.08 Å². The molecule has 56 valence electrons. The van der Waals surface area contributed by atoms with Crippen LogP contribution >= 0.6 is 0 Å². The number of hydrogen-bond acceptors (Lipinski definition) is 1. The van der Waals surface area contributed by atoms with Gasteiger partial charge in [-0.15, -0.1) is 0 Å². The van der Waals surface area contributed by atoms with Crippen LogP contribution in [0, 0.1) is 0 Å². The Labute approximate surface area is 58.2 Å². The fourth-order valence-corrected chi connectivity index (χ4v) is 0.868. The number of hydrogen-bond donors (Lipinski definition) is 1. The van der Waals surface area contributed by atoms with Gasteiger partial charge in [-0.05, 0) is 11.6 Å². The summed E-state index contributed by atoms with van der Waals surface area (Å²) >= 11 is 0. The number of halogens is 2. The van der Waals surface area contributed by atoms with E-state index < -0.39 is 12.0 Å². The highest BCUT2D eigenvalue weighted by Crippen LogP contribution is 2.21. The van der Waals surface area contributed by atoms with E-state index in [2.05, 4.69) is 0 Å². The summed E-state index contributed by atoms with van der Waals surface area (Å²) in [6, 6.07) is 0. The lowest BCUT2D eigenvalue weighted by Crippen LogP contribution is -2.16. The van der Waals surface area contributed by atoms with Crippen LogP contribution in [-0.4, -0.2) is 12.7 Å². The summed E-state index contributed by atoms with van der Waals surface area (Å²) in [4.78, 5) is 0. The van der Waals surface area contributed by atoms with E-state index in [-0.39, 0.29) is 13.0 Å². The zero-order chi connectivity index (χ0) is 7.56. The summed E-state index contributed by atoms with van der Waals surface area (Å²) in [5.41, 5.74) is 5.65. The molecule has 0 saturated heterocycles. The first-order valence-electron chi connectivity index (χ1n) is 3.13. The van der Waals surface area contributed by atoms with Crippen LogP contribution in [0.5, 0.6) is 0 Å². The second-order valence-electron chi connectivity index (χ2n) is 2.23. The van der Waals surface area contributed by atoms with Gasteiger partial charge in [0.05, 0.1) is 0 Å². The van der Waals surface area contributed by atoms with E-state index in [9.17, 15) is 8.78 Å². The maximum Gasteiger partial charge on any atom is 0.129 e. The first kappa shape index (κ1) is 7.41. The molecule has 0 aromatic rings. The maximum absolute atomic E-state index is 12.7. The Morgan fingerprint density at radius 2 is 2.30 bits per heavy atom. The van der Waals surface area contributed by atoms with Crippen molar-refractivity contribution in [1.29, 1.82) is 0 Å². The molecule has 0 aromatic carbocycles. The van der Waals surface area contributed by atoms with E-state index in [4.69, 9.17) is 5.73 Å². The quantitative estimate of drug-likeness (QED) is 0.594. The molecule has 1 rings (SSSR count). The number of nitrogens with two attached hydrogens (primary N) is 1. The van der Waals surface area contributed by atoms with Gasteiger partial charge in [0.25, 0.3) is 0 Å². The van der Waals surface area contributed by atoms with Gasteiger partial charge >= 0.3 is 0 Å². The van der Waals surface area contributed by atoms with E-state index in [0.717, 1.165) is 0 Å². The van der Waals surface area contributed by atoms with Crippen LogP contribution < -0.4 is 5.73 Å². The monoisotopic (exact) mass is 145 g/mol. The Morgan fingerprint density at radius 3 is 2.80 bits per heavy atom. The van der Waals surface area contributed by atoms with Crippen LogP contribution in [0.2, 0.25) is 0 Å². The van der Waals surface area contributed by atoms with Gasteiger partial charge in [-0.3, -0.25) is 0 Å². The predicted molar refractivity (Wildman–Crippen MR) is 35.8 cm³/mol. The molecule has 2 N–H and O–H groups in total. The summed E-state index contributed by atoms with van der Waals surface area (Å²) in [5, 5.41) is 0. The third-order valence-electron chi connectivity index (χ3n) is 1.49. The van der Waals surface area contributed by atoms with Crippen molar-refractivity contribution in [2.45, 2.75) is 12.6 Å². The second-order valence-corrected chi connectivity index (χ2v) is 2.23. The minimum atomic E-state index is -1.21. The Bertz CT molecular complexity index is 184. The average Bonchev–Trinajstić information content (AvgIpc) is 1.88. The number of allylic oxidation sites excluding steroid dienone is 3. The zero-order valence-electron chi connectivity index (χ0n) is 5.48. The second kappa shape index (κ2) is 2.92.